The number of hydrogen-bond donors (Lipinski definition) is 3. The summed E-state index contributed by atoms with van der Waals surface area (Å²) in [6, 6.07) is 13.4. The Morgan fingerprint density at radius 1 is 0.893 bits per heavy atom. The van der Waals surface area contributed by atoms with Crippen molar-refractivity contribution in [1.82, 2.24) is 5.32 Å². The van der Waals surface area contributed by atoms with Gasteiger partial charge in [-0.25, -0.2) is 0 Å². The van der Waals surface area contributed by atoms with Crippen LogP contribution in [0.4, 0.5) is 11.4 Å². The molecule has 3 rings (SSSR count). The lowest BCUT2D eigenvalue weighted by molar-refractivity contribution is -0.114. The van der Waals surface area contributed by atoms with Gasteiger partial charge in [-0.3, -0.25) is 9.59 Å². The number of aryl methyl sites for hydroxylation is 2. The first-order chi connectivity index (χ1) is 13.5. The first-order valence-electron chi connectivity index (χ1n) is 10.0. The molecule has 3 N–H and O–H groups in total. The second-order valence-corrected chi connectivity index (χ2v) is 7.59. The SMILES string of the molecule is Cc1ccc(NC(=O)CNc2ccc(C(=O)NC3CCCCC3)cc2)cc1C. The van der Waals surface area contributed by atoms with Gasteiger partial charge in [0.15, 0.2) is 0 Å². The van der Waals surface area contributed by atoms with Gasteiger partial charge < -0.3 is 16.0 Å². The molecule has 5 heteroatoms. The zero-order chi connectivity index (χ0) is 19.9. The number of hydrogen-bond acceptors (Lipinski definition) is 3. The average molecular weight is 380 g/mol. The topological polar surface area (TPSA) is 70.2 Å². The first-order valence-corrected chi connectivity index (χ1v) is 10.0. The standard InChI is InChI=1S/C23H29N3O2/c1-16-8-11-21(14-17(16)2)25-22(27)15-24-19-12-9-18(10-13-19)23(28)26-20-6-4-3-5-7-20/h8-14,20,24H,3-7,15H2,1-2H3,(H,25,27)(H,26,28). The van der Waals surface area contributed by atoms with Crippen molar-refractivity contribution < 1.29 is 9.59 Å². The molecule has 0 unspecified atom stereocenters. The quantitative estimate of drug-likeness (QED) is 0.696. The van der Waals surface area contributed by atoms with Crippen LogP contribution in [0.15, 0.2) is 42.5 Å². The van der Waals surface area contributed by atoms with Gasteiger partial charge in [0.1, 0.15) is 0 Å². The van der Waals surface area contributed by atoms with Crippen LogP contribution in [-0.2, 0) is 4.79 Å². The Labute approximate surface area is 166 Å². The minimum atomic E-state index is -0.109. The summed E-state index contributed by atoms with van der Waals surface area (Å²) in [5.41, 5.74) is 4.60. The molecule has 2 amide bonds. The summed E-state index contributed by atoms with van der Waals surface area (Å²) >= 11 is 0. The zero-order valence-electron chi connectivity index (χ0n) is 16.7. The van der Waals surface area contributed by atoms with Crippen LogP contribution in [0.25, 0.3) is 0 Å². The lowest BCUT2D eigenvalue weighted by atomic mass is 9.95. The van der Waals surface area contributed by atoms with Gasteiger partial charge in [-0.15, -0.1) is 0 Å². The molecular formula is C23H29N3O2. The van der Waals surface area contributed by atoms with Crippen molar-refractivity contribution in [3.63, 3.8) is 0 Å². The lowest BCUT2D eigenvalue weighted by Crippen LogP contribution is -2.36. The minimum Gasteiger partial charge on any atom is -0.376 e. The molecule has 2 aromatic rings. The van der Waals surface area contributed by atoms with E-state index in [9.17, 15) is 9.59 Å². The summed E-state index contributed by atoms with van der Waals surface area (Å²) in [6.45, 7) is 4.23. The Morgan fingerprint density at radius 3 is 2.25 bits per heavy atom. The van der Waals surface area contributed by atoms with Crippen LogP contribution in [0.2, 0.25) is 0 Å². The summed E-state index contributed by atoms with van der Waals surface area (Å²) in [5, 5.41) is 9.10. The molecule has 0 atom stereocenters. The second-order valence-electron chi connectivity index (χ2n) is 7.59. The molecule has 0 saturated heterocycles. The van der Waals surface area contributed by atoms with Crippen LogP contribution in [0.3, 0.4) is 0 Å². The van der Waals surface area contributed by atoms with Crippen molar-refractivity contribution >= 4 is 23.2 Å². The molecule has 0 radical (unpaired) electrons. The largest absolute Gasteiger partial charge is 0.376 e. The number of amides is 2. The Hall–Kier alpha value is -2.82. The van der Waals surface area contributed by atoms with Gasteiger partial charge in [0.25, 0.3) is 5.91 Å². The third kappa shape index (κ3) is 5.59. The highest BCUT2D eigenvalue weighted by Crippen LogP contribution is 2.18. The highest BCUT2D eigenvalue weighted by atomic mass is 16.2. The van der Waals surface area contributed by atoms with Gasteiger partial charge in [0, 0.05) is 23.0 Å². The van der Waals surface area contributed by atoms with Crippen LogP contribution in [0.1, 0.15) is 53.6 Å². The molecule has 0 heterocycles. The smallest absolute Gasteiger partial charge is 0.251 e. The summed E-state index contributed by atoms with van der Waals surface area (Å²) in [5.74, 6) is -0.131. The molecule has 1 saturated carbocycles. The third-order valence-corrected chi connectivity index (χ3v) is 5.33. The van der Waals surface area contributed by atoms with E-state index >= 15 is 0 Å². The molecule has 2 aromatic carbocycles. The molecule has 5 nitrogen and oxygen atoms in total. The van der Waals surface area contributed by atoms with Crippen LogP contribution in [-0.4, -0.2) is 24.4 Å². The molecule has 0 aromatic heterocycles. The van der Waals surface area contributed by atoms with E-state index < -0.39 is 0 Å². The molecule has 0 bridgehead atoms. The Balaban J connectivity index is 1.47. The molecular weight excluding hydrogens is 350 g/mol. The summed E-state index contributed by atoms with van der Waals surface area (Å²) in [7, 11) is 0. The van der Waals surface area contributed by atoms with Gasteiger partial charge in [0.05, 0.1) is 6.54 Å². The number of nitrogens with one attached hydrogen (secondary N) is 3. The van der Waals surface area contributed by atoms with Gasteiger partial charge in [-0.2, -0.15) is 0 Å². The van der Waals surface area contributed by atoms with Crippen molar-refractivity contribution in [2.75, 3.05) is 17.2 Å². The maximum Gasteiger partial charge on any atom is 0.251 e. The Kier molecular flexibility index (Phi) is 6.69. The highest BCUT2D eigenvalue weighted by Gasteiger charge is 2.16. The molecule has 1 fully saturated rings. The normalized spacial score (nSPS) is 14.4. The summed E-state index contributed by atoms with van der Waals surface area (Å²) in [4.78, 5) is 24.5. The maximum absolute atomic E-state index is 12.3. The number of rotatable bonds is 6. The van der Waals surface area contributed by atoms with Gasteiger partial charge >= 0.3 is 0 Å². The van der Waals surface area contributed by atoms with Crippen molar-refractivity contribution in [3.8, 4) is 0 Å². The fourth-order valence-corrected chi connectivity index (χ4v) is 3.46. The second kappa shape index (κ2) is 9.40. The van der Waals surface area contributed by atoms with E-state index in [0.717, 1.165) is 29.8 Å². The first kappa shape index (κ1) is 19.9. The molecule has 148 valence electrons. The van der Waals surface area contributed by atoms with Gasteiger partial charge in [0.2, 0.25) is 5.91 Å². The van der Waals surface area contributed by atoms with Crippen molar-refractivity contribution in [1.29, 1.82) is 0 Å². The van der Waals surface area contributed by atoms with E-state index in [2.05, 4.69) is 16.0 Å². The lowest BCUT2D eigenvalue weighted by Gasteiger charge is -2.22. The van der Waals surface area contributed by atoms with Crippen LogP contribution >= 0.6 is 0 Å². The molecule has 1 aliphatic rings. The van der Waals surface area contributed by atoms with Crippen LogP contribution in [0, 0.1) is 13.8 Å². The fraction of sp³-hybridized carbons (Fsp3) is 0.391. The van der Waals surface area contributed by atoms with Crippen molar-refractivity contribution in [2.24, 2.45) is 0 Å². The zero-order valence-corrected chi connectivity index (χ0v) is 16.7. The Morgan fingerprint density at radius 2 is 1.57 bits per heavy atom. The van der Waals surface area contributed by atoms with Crippen LogP contribution < -0.4 is 16.0 Å². The molecule has 28 heavy (non-hydrogen) atoms. The molecule has 0 aliphatic heterocycles. The van der Waals surface area contributed by atoms with E-state index in [1.54, 1.807) is 12.1 Å². The monoisotopic (exact) mass is 379 g/mol. The van der Waals surface area contributed by atoms with Gasteiger partial charge in [-0.05, 0) is 74.2 Å². The summed E-state index contributed by atoms with van der Waals surface area (Å²) in [6.07, 6.45) is 5.79. The molecule has 1 aliphatic carbocycles. The average Bonchev–Trinajstić information content (AvgIpc) is 2.70. The number of anilines is 2. The Bertz CT molecular complexity index is 824. The van der Waals surface area contributed by atoms with Gasteiger partial charge in [-0.1, -0.05) is 25.3 Å². The maximum atomic E-state index is 12.3. The van der Waals surface area contributed by atoms with E-state index in [-0.39, 0.29) is 18.4 Å². The van der Waals surface area contributed by atoms with Crippen molar-refractivity contribution in [3.05, 3.63) is 59.2 Å². The van der Waals surface area contributed by atoms with E-state index in [4.69, 9.17) is 0 Å². The predicted octanol–water partition coefficient (Wildman–Crippen LogP) is 4.42. The van der Waals surface area contributed by atoms with Crippen molar-refractivity contribution in [2.45, 2.75) is 52.0 Å². The minimum absolute atomic E-state index is 0.0223. The number of benzene rings is 2. The van der Waals surface area contributed by atoms with E-state index in [1.165, 1.54) is 24.8 Å². The summed E-state index contributed by atoms with van der Waals surface area (Å²) < 4.78 is 0. The third-order valence-electron chi connectivity index (χ3n) is 5.33. The number of carbonyl (C=O) groups excluding carboxylic acids is 2. The predicted molar refractivity (Wildman–Crippen MR) is 114 cm³/mol. The fourth-order valence-electron chi connectivity index (χ4n) is 3.46. The van der Waals surface area contributed by atoms with E-state index in [1.807, 2.05) is 44.2 Å². The van der Waals surface area contributed by atoms with Crippen LogP contribution in [0.5, 0.6) is 0 Å². The number of carbonyl (C=O) groups is 2. The molecule has 0 spiro atoms. The van der Waals surface area contributed by atoms with E-state index in [0.29, 0.717) is 11.6 Å². The highest BCUT2D eigenvalue weighted by molar-refractivity contribution is 5.95.